The van der Waals surface area contributed by atoms with Crippen molar-refractivity contribution in [3.63, 3.8) is 0 Å². The summed E-state index contributed by atoms with van der Waals surface area (Å²) in [5, 5.41) is 6.54. The Labute approximate surface area is 233 Å². The first-order chi connectivity index (χ1) is 18.4. The molecule has 0 spiro atoms. The molecule has 38 heavy (non-hydrogen) atoms. The van der Waals surface area contributed by atoms with E-state index in [9.17, 15) is 4.79 Å². The van der Waals surface area contributed by atoms with Crippen molar-refractivity contribution in [3.8, 4) is 28.5 Å². The molecule has 0 aliphatic rings. The van der Waals surface area contributed by atoms with Crippen LogP contribution in [0.5, 0.6) is 5.75 Å². The Bertz CT molecular complexity index is 1680. The largest absolute Gasteiger partial charge is 0.497 e. The van der Waals surface area contributed by atoms with Crippen LogP contribution in [0.2, 0.25) is 10.0 Å². The average molecular weight is 564 g/mol. The van der Waals surface area contributed by atoms with E-state index < -0.39 is 5.91 Å². The first kappa shape index (κ1) is 25.5. The second-order valence-electron chi connectivity index (χ2n) is 8.01. The Kier molecular flexibility index (Phi) is 7.46. The first-order valence-electron chi connectivity index (χ1n) is 11.3. The van der Waals surface area contributed by atoms with Gasteiger partial charge in [-0.3, -0.25) is 10.1 Å². The van der Waals surface area contributed by atoms with Crippen molar-refractivity contribution in [1.82, 2.24) is 10.3 Å². The molecule has 0 radical (unpaired) electrons. The lowest BCUT2D eigenvalue weighted by Gasteiger charge is -2.07. The number of benzene rings is 3. The van der Waals surface area contributed by atoms with Crippen molar-refractivity contribution < 1.29 is 18.4 Å². The maximum absolute atomic E-state index is 12.4. The number of methoxy groups -OCH3 is 1. The number of oxazole rings is 1. The first-order valence-corrected chi connectivity index (χ1v) is 12.5. The maximum Gasteiger partial charge on any atom is 0.250 e. The smallest absolute Gasteiger partial charge is 0.250 e. The van der Waals surface area contributed by atoms with E-state index in [0.717, 1.165) is 11.3 Å². The number of nitrogens with one attached hydrogen (secondary N) is 2. The van der Waals surface area contributed by atoms with Gasteiger partial charge in [0.25, 0.3) is 0 Å². The highest BCUT2D eigenvalue weighted by atomic mass is 35.5. The molecule has 7 nitrogen and oxygen atoms in total. The minimum absolute atomic E-state index is 0.128. The van der Waals surface area contributed by atoms with Crippen LogP contribution in [0.4, 0.5) is 5.69 Å². The summed E-state index contributed by atoms with van der Waals surface area (Å²) in [5.74, 6) is 1.81. The van der Waals surface area contributed by atoms with E-state index in [4.69, 9.17) is 49.0 Å². The number of hydrogen-bond donors (Lipinski definition) is 2. The fourth-order valence-electron chi connectivity index (χ4n) is 3.62. The van der Waals surface area contributed by atoms with E-state index in [1.807, 2.05) is 24.3 Å². The second-order valence-corrected chi connectivity index (χ2v) is 9.20. The molecule has 5 aromatic rings. The summed E-state index contributed by atoms with van der Waals surface area (Å²) in [7, 11) is 1.61. The van der Waals surface area contributed by atoms with Gasteiger partial charge in [0.15, 0.2) is 10.7 Å². The Hall–Kier alpha value is -4.11. The Balaban J connectivity index is 1.20. The van der Waals surface area contributed by atoms with Crippen molar-refractivity contribution in [3.05, 3.63) is 94.7 Å². The minimum Gasteiger partial charge on any atom is -0.497 e. The number of rotatable bonds is 6. The number of amides is 1. The molecule has 3 aromatic carbocycles. The van der Waals surface area contributed by atoms with Crippen molar-refractivity contribution >= 4 is 69.3 Å². The lowest BCUT2D eigenvalue weighted by molar-refractivity contribution is -0.115. The monoisotopic (exact) mass is 563 g/mol. The number of hydrogen-bond acceptors (Lipinski definition) is 6. The van der Waals surface area contributed by atoms with Crippen LogP contribution in [0, 0.1) is 0 Å². The normalized spacial score (nSPS) is 11.1. The summed E-state index contributed by atoms with van der Waals surface area (Å²) in [6.07, 6.45) is 2.85. The van der Waals surface area contributed by atoms with Gasteiger partial charge >= 0.3 is 0 Å². The van der Waals surface area contributed by atoms with Gasteiger partial charge in [-0.2, -0.15) is 0 Å². The molecule has 0 aliphatic heterocycles. The van der Waals surface area contributed by atoms with Gasteiger partial charge in [-0.25, -0.2) is 4.98 Å². The van der Waals surface area contributed by atoms with Gasteiger partial charge in [0.05, 0.1) is 17.2 Å². The third kappa shape index (κ3) is 5.73. The van der Waals surface area contributed by atoms with E-state index in [1.54, 1.807) is 55.6 Å². The summed E-state index contributed by atoms with van der Waals surface area (Å²) in [6.45, 7) is 0. The molecule has 5 rings (SSSR count). The fraction of sp³-hybridized carbons (Fsp3) is 0.0357. The molecular formula is C28H19Cl2N3O4S. The molecular weight excluding hydrogens is 545 g/mol. The van der Waals surface area contributed by atoms with E-state index in [2.05, 4.69) is 15.6 Å². The lowest BCUT2D eigenvalue weighted by atomic mass is 10.2. The molecule has 2 heterocycles. The maximum atomic E-state index is 12.4. The molecule has 0 bridgehead atoms. The Morgan fingerprint density at radius 1 is 1.03 bits per heavy atom. The van der Waals surface area contributed by atoms with Crippen LogP contribution in [0.3, 0.4) is 0 Å². The van der Waals surface area contributed by atoms with E-state index in [1.165, 1.54) is 12.2 Å². The number of fused-ring (bicyclic) bond motifs is 1. The van der Waals surface area contributed by atoms with Crippen LogP contribution < -0.4 is 15.4 Å². The quantitative estimate of drug-likeness (QED) is 0.162. The van der Waals surface area contributed by atoms with Crippen molar-refractivity contribution in [2.45, 2.75) is 0 Å². The van der Waals surface area contributed by atoms with Crippen molar-refractivity contribution in [1.29, 1.82) is 0 Å². The number of halogens is 2. The Morgan fingerprint density at radius 3 is 2.63 bits per heavy atom. The summed E-state index contributed by atoms with van der Waals surface area (Å²) in [6, 6.07) is 21.5. The van der Waals surface area contributed by atoms with Crippen LogP contribution >= 0.6 is 35.4 Å². The van der Waals surface area contributed by atoms with E-state index >= 15 is 0 Å². The zero-order valence-corrected chi connectivity index (χ0v) is 22.2. The fourth-order valence-corrected chi connectivity index (χ4v) is 4.23. The van der Waals surface area contributed by atoms with Gasteiger partial charge in [0, 0.05) is 22.9 Å². The number of thiocarbonyl (C=S) groups is 1. The van der Waals surface area contributed by atoms with Gasteiger partial charge < -0.3 is 18.9 Å². The molecule has 0 atom stereocenters. The minimum atomic E-state index is -0.425. The zero-order chi connectivity index (χ0) is 26.6. The molecule has 2 N–H and O–H groups in total. The van der Waals surface area contributed by atoms with Gasteiger partial charge in [-0.05, 0) is 85.0 Å². The SMILES string of the molecule is COc1ccc(-c2nc3cc(NC(=S)NC(=O)C=Cc4ccc(-c5cccc(Cl)c5Cl)o4)ccc3o2)cc1. The van der Waals surface area contributed by atoms with Gasteiger partial charge in [-0.1, -0.05) is 29.3 Å². The highest BCUT2D eigenvalue weighted by molar-refractivity contribution is 7.80. The van der Waals surface area contributed by atoms with Crippen molar-refractivity contribution in [2.24, 2.45) is 0 Å². The highest BCUT2D eigenvalue weighted by Gasteiger charge is 2.12. The topological polar surface area (TPSA) is 89.5 Å². The summed E-state index contributed by atoms with van der Waals surface area (Å²) >= 11 is 17.6. The average Bonchev–Trinajstić information content (AvgIpc) is 3.56. The van der Waals surface area contributed by atoms with E-state index in [0.29, 0.717) is 49.8 Å². The number of carbonyl (C=O) groups excluding carboxylic acids is 1. The molecule has 0 fully saturated rings. The van der Waals surface area contributed by atoms with Crippen molar-refractivity contribution in [2.75, 3.05) is 12.4 Å². The number of nitrogens with zero attached hydrogens (tertiary/aromatic N) is 1. The molecule has 0 aliphatic carbocycles. The number of furan rings is 1. The second kappa shape index (κ2) is 11.1. The molecule has 0 saturated heterocycles. The van der Waals surface area contributed by atoms with Crippen LogP contribution in [0.1, 0.15) is 5.76 Å². The third-order valence-electron chi connectivity index (χ3n) is 5.46. The van der Waals surface area contributed by atoms with Crippen LogP contribution in [-0.4, -0.2) is 23.1 Å². The van der Waals surface area contributed by atoms with Crippen LogP contribution in [0.25, 0.3) is 40.0 Å². The Morgan fingerprint density at radius 2 is 1.84 bits per heavy atom. The standard InChI is InChI=1S/C28H19Cl2N3O4S/c1-35-18-8-5-16(6-9-18)27-32-22-15-17(7-12-24(22)37-27)31-28(38)33-25(34)14-11-19-10-13-23(36-19)20-3-2-4-21(29)26(20)30/h2-15H,1H3,(H2,31,33,34,38). The van der Waals surface area contributed by atoms with Gasteiger partial charge in [0.1, 0.15) is 22.8 Å². The number of ether oxygens (including phenoxy) is 1. The molecule has 1 amide bonds. The molecule has 0 saturated carbocycles. The number of aromatic nitrogens is 1. The molecule has 2 aromatic heterocycles. The predicted octanol–water partition coefficient (Wildman–Crippen LogP) is 7.60. The molecule has 190 valence electrons. The van der Waals surface area contributed by atoms with Crippen LogP contribution in [0.15, 0.2) is 87.7 Å². The lowest BCUT2D eigenvalue weighted by Crippen LogP contribution is -2.32. The van der Waals surface area contributed by atoms with Gasteiger partial charge in [-0.15, -0.1) is 0 Å². The third-order valence-corrected chi connectivity index (χ3v) is 6.48. The van der Waals surface area contributed by atoms with Gasteiger partial charge in [0.2, 0.25) is 11.8 Å². The zero-order valence-electron chi connectivity index (χ0n) is 19.8. The molecule has 0 unspecified atom stereocenters. The van der Waals surface area contributed by atoms with E-state index in [-0.39, 0.29) is 5.11 Å². The number of carbonyl (C=O) groups is 1. The molecule has 10 heteroatoms. The number of anilines is 1. The summed E-state index contributed by atoms with van der Waals surface area (Å²) < 4.78 is 16.8. The highest BCUT2D eigenvalue weighted by Crippen LogP contribution is 2.34. The predicted molar refractivity (Wildman–Crippen MR) is 154 cm³/mol. The summed E-state index contributed by atoms with van der Waals surface area (Å²) in [5.41, 5.74) is 3.40. The summed E-state index contributed by atoms with van der Waals surface area (Å²) in [4.78, 5) is 16.9. The van der Waals surface area contributed by atoms with Crippen LogP contribution in [-0.2, 0) is 4.79 Å².